The van der Waals surface area contributed by atoms with Crippen LogP contribution in [0.5, 0.6) is 0 Å². The molecule has 0 radical (unpaired) electrons. The zero-order chi connectivity index (χ0) is 14.9. The molecule has 1 atom stereocenters. The van der Waals surface area contributed by atoms with Gasteiger partial charge in [-0.25, -0.2) is 0 Å². The van der Waals surface area contributed by atoms with E-state index in [0.29, 0.717) is 16.9 Å². The highest BCUT2D eigenvalue weighted by Crippen LogP contribution is 2.22. The van der Waals surface area contributed by atoms with Crippen molar-refractivity contribution in [2.75, 3.05) is 6.54 Å². The van der Waals surface area contributed by atoms with Crippen LogP contribution in [0.3, 0.4) is 0 Å². The Hall–Kier alpha value is -2.53. The van der Waals surface area contributed by atoms with Gasteiger partial charge in [0.25, 0.3) is 5.91 Å². The molecule has 2 N–H and O–H groups in total. The Bertz CT molecular complexity index is 756. The second kappa shape index (κ2) is 5.10. The third-order valence-corrected chi connectivity index (χ3v) is 3.37. The van der Waals surface area contributed by atoms with Crippen LogP contribution in [0.25, 0.3) is 11.0 Å². The lowest BCUT2D eigenvalue weighted by atomic mass is 10.0. The van der Waals surface area contributed by atoms with Gasteiger partial charge in [-0.05, 0) is 25.1 Å². The van der Waals surface area contributed by atoms with Gasteiger partial charge in [-0.3, -0.25) is 4.79 Å². The van der Waals surface area contributed by atoms with Gasteiger partial charge in [0.15, 0.2) is 0 Å². The first-order chi connectivity index (χ1) is 10.1. The Kier molecular flexibility index (Phi) is 3.27. The molecule has 0 saturated heterocycles. The Balaban J connectivity index is 1.75. The molecule has 1 unspecified atom stereocenters. The molecule has 0 aliphatic heterocycles. The number of rotatable bonds is 4. The van der Waals surface area contributed by atoms with Gasteiger partial charge in [0.1, 0.15) is 23.2 Å². The van der Waals surface area contributed by atoms with Crippen molar-refractivity contribution < 1.29 is 18.7 Å². The molecule has 0 bridgehead atoms. The van der Waals surface area contributed by atoms with Crippen LogP contribution < -0.4 is 5.32 Å². The fourth-order valence-corrected chi connectivity index (χ4v) is 2.17. The molecular weight excluding hydrogens is 270 g/mol. The third-order valence-electron chi connectivity index (χ3n) is 3.37. The predicted molar refractivity (Wildman–Crippen MR) is 76.8 cm³/mol. The largest absolute Gasteiger partial charge is 0.466 e. The summed E-state index contributed by atoms with van der Waals surface area (Å²) in [6, 6.07) is 10.7. The molecule has 3 aromatic rings. The first-order valence-electron chi connectivity index (χ1n) is 6.59. The molecule has 3 rings (SSSR count). The van der Waals surface area contributed by atoms with Gasteiger partial charge in [0.2, 0.25) is 0 Å². The Morgan fingerprint density at radius 1 is 1.24 bits per heavy atom. The van der Waals surface area contributed by atoms with Gasteiger partial charge in [0.05, 0.1) is 18.4 Å². The summed E-state index contributed by atoms with van der Waals surface area (Å²) >= 11 is 0. The van der Waals surface area contributed by atoms with Crippen molar-refractivity contribution in [2.45, 2.75) is 12.5 Å². The lowest BCUT2D eigenvalue weighted by Gasteiger charge is -2.20. The zero-order valence-electron chi connectivity index (χ0n) is 11.5. The Morgan fingerprint density at radius 2 is 2.05 bits per heavy atom. The second-order valence-electron chi connectivity index (χ2n) is 5.08. The Morgan fingerprint density at radius 3 is 2.81 bits per heavy atom. The molecule has 2 aromatic heterocycles. The van der Waals surface area contributed by atoms with Crippen molar-refractivity contribution >= 4 is 16.9 Å². The molecule has 0 spiro atoms. The highest BCUT2D eigenvalue weighted by molar-refractivity contribution is 6.05. The van der Waals surface area contributed by atoms with E-state index in [9.17, 15) is 9.90 Å². The summed E-state index contributed by atoms with van der Waals surface area (Å²) in [6.07, 6.45) is 2.90. The average molecular weight is 285 g/mol. The average Bonchev–Trinajstić information content (AvgIpc) is 3.14. The summed E-state index contributed by atoms with van der Waals surface area (Å²) in [4.78, 5) is 12.2. The summed E-state index contributed by atoms with van der Waals surface area (Å²) in [5.74, 6) is 0.103. The monoisotopic (exact) mass is 285 g/mol. The second-order valence-corrected chi connectivity index (χ2v) is 5.08. The third kappa shape index (κ3) is 2.55. The van der Waals surface area contributed by atoms with Crippen LogP contribution in [0, 0.1) is 0 Å². The fourth-order valence-electron chi connectivity index (χ4n) is 2.17. The number of aliphatic hydroxyl groups is 1. The van der Waals surface area contributed by atoms with E-state index < -0.39 is 5.60 Å². The number of amides is 1. The molecule has 2 heterocycles. The minimum atomic E-state index is -1.27. The first kappa shape index (κ1) is 13.5. The minimum absolute atomic E-state index is 0.0405. The van der Waals surface area contributed by atoms with E-state index in [2.05, 4.69) is 5.32 Å². The van der Waals surface area contributed by atoms with Crippen LogP contribution in [0.4, 0.5) is 0 Å². The smallest absolute Gasteiger partial charge is 0.255 e. The molecule has 0 aliphatic carbocycles. The predicted octanol–water partition coefficient (Wildman–Crippen LogP) is 2.66. The fraction of sp³-hybridized carbons (Fsp3) is 0.188. The molecule has 0 fully saturated rings. The normalized spacial score (nSPS) is 14.0. The van der Waals surface area contributed by atoms with Crippen molar-refractivity contribution in [3.05, 3.63) is 60.2 Å². The summed E-state index contributed by atoms with van der Waals surface area (Å²) in [7, 11) is 0. The van der Waals surface area contributed by atoms with Gasteiger partial charge < -0.3 is 19.3 Å². The molecule has 0 saturated carbocycles. The highest BCUT2D eigenvalue weighted by Gasteiger charge is 2.27. The van der Waals surface area contributed by atoms with Gasteiger partial charge in [-0.2, -0.15) is 0 Å². The SMILES string of the molecule is CC(O)(CNC(=O)c1coc2ccccc12)c1ccco1. The van der Waals surface area contributed by atoms with Gasteiger partial charge in [-0.1, -0.05) is 18.2 Å². The molecule has 21 heavy (non-hydrogen) atoms. The van der Waals surface area contributed by atoms with E-state index in [1.165, 1.54) is 12.5 Å². The van der Waals surface area contributed by atoms with E-state index in [-0.39, 0.29) is 12.5 Å². The highest BCUT2D eigenvalue weighted by atomic mass is 16.4. The molecule has 0 aliphatic rings. The maximum atomic E-state index is 12.2. The standard InChI is InChI=1S/C16H15NO4/c1-16(19,14-7-4-8-20-14)10-17-15(18)12-9-21-13-6-3-2-5-11(12)13/h2-9,19H,10H2,1H3,(H,17,18). The van der Waals surface area contributed by atoms with Crippen LogP contribution in [0.2, 0.25) is 0 Å². The van der Waals surface area contributed by atoms with E-state index in [4.69, 9.17) is 8.83 Å². The number of hydrogen-bond donors (Lipinski definition) is 2. The van der Waals surface area contributed by atoms with Gasteiger partial charge in [-0.15, -0.1) is 0 Å². The minimum Gasteiger partial charge on any atom is -0.466 e. The van der Waals surface area contributed by atoms with Crippen LogP contribution in [0.1, 0.15) is 23.0 Å². The molecule has 5 heteroatoms. The number of carbonyl (C=O) groups excluding carboxylic acids is 1. The maximum Gasteiger partial charge on any atom is 0.255 e. The Labute approximate surface area is 121 Å². The summed E-state index contributed by atoms with van der Waals surface area (Å²) in [5, 5.41) is 13.7. The number of nitrogens with one attached hydrogen (secondary N) is 1. The number of benzene rings is 1. The lowest BCUT2D eigenvalue weighted by Crippen LogP contribution is -2.38. The molecular formula is C16H15NO4. The lowest BCUT2D eigenvalue weighted by molar-refractivity contribution is 0.0330. The number of para-hydroxylation sites is 1. The number of fused-ring (bicyclic) bond motifs is 1. The molecule has 1 amide bonds. The number of carbonyl (C=O) groups is 1. The molecule has 1 aromatic carbocycles. The zero-order valence-corrected chi connectivity index (χ0v) is 11.5. The molecule has 108 valence electrons. The van der Waals surface area contributed by atoms with E-state index in [0.717, 1.165) is 5.39 Å². The van der Waals surface area contributed by atoms with Crippen LogP contribution in [0.15, 0.2) is 57.8 Å². The first-order valence-corrected chi connectivity index (χ1v) is 6.59. The van der Waals surface area contributed by atoms with Crippen LogP contribution in [-0.4, -0.2) is 17.6 Å². The van der Waals surface area contributed by atoms with Crippen molar-refractivity contribution in [1.29, 1.82) is 0 Å². The van der Waals surface area contributed by atoms with Crippen LogP contribution in [-0.2, 0) is 5.60 Å². The quantitative estimate of drug-likeness (QED) is 0.772. The van der Waals surface area contributed by atoms with E-state index in [1.807, 2.05) is 18.2 Å². The van der Waals surface area contributed by atoms with Gasteiger partial charge >= 0.3 is 0 Å². The van der Waals surface area contributed by atoms with E-state index >= 15 is 0 Å². The summed E-state index contributed by atoms with van der Waals surface area (Å²) < 4.78 is 10.5. The van der Waals surface area contributed by atoms with Crippen LogP contribution >= 0.6 is 0 Å². The van der Waals surface area contributed by atoms with E-state index in [1.54, 1.807) is 25.1 Å². The van der Waals surface area contributed by atoms with Crippen molar-refractivity contribution in [3.8, 4) is 0 Å². The topological polar surface area (TPSA) is 75.6 Å². The molecule has 5 nitrogen and oxygen atoms in total. The number of furan rings is 2. The number of hydrogen-bond acceptors (Lipinski definition) is 4. The van der Waals surface area contributed by atoms with Crippen molar-refractivity contribution in [1.82, 2.24) is 5.32 Å². The van der Waals surface area contributed by atoms with Crippen molar-refractivity contribution in [2.24, 2.45) is 0 Å². The van der Waals surface area contributed by atoms with Gasteiger partial charge in [0, 0.05) is 5.39 Å². The maximum absolute atomic E-state index is 12.2. The van der Waals surface area contributed by atoms with Crippen molar-refractivity contribution in [3.63, 3.8) is 0 Å². The summed E-state index contributed by atoms with van der Waals surface area (Å²) in [6.45, 7) is 1.62. The summed E-state index contributed by atoms with van der Waals surface area (Å²) in [5.41, 5.74) is -0.167.